The molecule has 1 aromatic carbocycles. The molecule has 1 saturated heterocycles. The largest absolute Gasteiger partial charge is 0.337 e. The lowest BCUT2D eigenvalue weighted by Gasteiger charge is -2.38. The van der Waals surface area contributed by atoms with Gasteiger partial charge in [0.15, 0.2) is 0 Å². The number of thiazole rings is 1. The molecule has 1 aliphatic rings. The average molecular weight is 338 g/mol. The van der Waals surface area contributed by atoms with Crippen LogP contribution in [0.1, 0.15) is 39.6 Å². The highest BCUT2D eigenvalue weighted by Gasteiger charge is 2.35. The zero-order chi connectivity index (χ0) is 16.7. The molecule has 0 saturated carbocycles. The van der Waals surface area contributed by atoms with Gasteiger partial charge in [-0.3, -0.25) is 4.79 Å². The van der Waals surface area contributed by atoms with E-state index in [0.717, 1.165) is 35.0 Å². The van der Waals surface area contributed by atoms with Crippen LogP contribution in [0.25, 0.3) is 10.2 Å². The molecule has 4 rings (SSSR count). The minimum atomic E-state index is 0.0576. The van der Waals surface area contributed by atoms with Gasteiger partial charge >= 0.3 is 0 Å². The van der Waals surface area contributed by atoms with Crippen LogP contribution < -0.4 is 0 Å². The maximum Gasteiger partial charge on any atom is 0.255 e. The third kappa shape index (κ3) is 2.57. The number of para-hydroxylation sites is 1. The number of amides is 1. The summed E-state index contributed by atoms with van der Waals surface area (Å²) in [4.78, 5) is 19.3. The van der Waals surface area contributed by atoms with Gasteiger partial charge in [0.2, 0.25) is 0 Å². The van der Waals surface area contributed by atoms with Gasteiger partial charge in [0.1, 0.15) is 5.01 Å². The lowest BCUT2D eigenvalue weighted by Crippen LogP contribution is -2.48. The third-order valence-corrected chi connectivity index (χ3v) is 5.59. The zero-order valence-electron chi connectivity index (χ0n) is 13.7. The van der Waals surface area contributed by atoms with Gasteiger partial charge in [-0.25, -0.2) is 4.98 Å². The first kappa shape index (κ1) is 15.2. The Morgan fingerprint density at radius 2 is 2.08 bits per heavy atom. The highest BCUT2D eigenvalue weighted by atomic mass is 32.1. The molecule has 24 heavy (non-hydrogen) atoms. The smallest absolute Gasteiger partial charge is 0.255 e. The van der Waals surface area contributed by atoms with Gasteiger partial charge in [-0.15, -0.1) is 11.3 Å². The average Bonchev–Trinajstić information content (AvgIpc) is 2.96. The molecule has 6 heteroatoms. The van der Waals surface area contributed by atoms with Crippen molar-refractivity contribution in [2.75, 3.05) is 13.1 Å². The number of likely N-dealkylation sites (tertiary alicyclic amines) is 1. The molecule has 0 radical (unpaired) electrons. The van der Waals surface area contributed by atoms with Crippen LogP contribution in [0.4, 0.5) is 0 Å². The molecular formula is C18H18N4OS. The second kappa shape index (κ2) is 5.94. The standard InChI is InChI=1S/C18H18N4OS/c1-3-14-13(8-11(2)20-21-14)18(23)22-9-12(10-22)17-19-15-6-4-5-7-16(15)24-17/h4-8,12H,3,9-10H2,1-2H3. The first-order valence-corrected chi connectivity index (χ1v) is 8.95. The zero-order valence-corrected chi connectivity index (χ0v) is 14.5. The van der Waals surface area contributed by atoms with E-state index in [4.69, 9.17) is 4.98 Å². The van der Waals surface area contributed by atoms with Crippen molar-refractivity contribution in [3.8, 4) is 0 Å². The van der Waals surface area contributed by atoms with Gasteiger partial charge < -0.3 is 4.90 Å². The first-order valence-electron chi connectivity index (χ1n) is 8.13. The van der Waals surface area contributed by atoms with Gasteiger partial charge in [-0.2, -0.15) is 10.2 Å². The summed E-state index contributed by atoms with van der Waals surface area (Å²) in [7, 11) is 0. The number of benzene rings is 1. The Morgan fingerprint density at radius 3 is 2.83 bits per heavy atom. The lowest BCUT2D eigenvalue weighted by molar-refractivity contribution is 0.0600. The highest BCUT2D eigenvalue weighted by molar-refractivity contribution is 7.18. The molecule has 0 spiro atoms. The number of aryl methyl sites for hydroxylation is 2. The Bertz CT molecular complexity index is 881. The number of nitrogens with zero attached hydrogens (tertiary/aromatic N) is 4. The third-order valence-electron chi connectivity index (χ3n) is 4.39. The fraction of sp³-hybridized carbons (Fsp3) is 0.333. The summed E-state index contributed by atoms with van der Waals surface area (Å²) in [5.74, 6) is 0.398. The lowest BCUT2D eigenvalue weighted by atomic mass is 9.99. The summed E-state index contributed by atoms with van der Waals surface area (Å²) in [6.45, 7) is 5.31. The maximum atomic E-state index is 12.7. The number of hydrogen-bond donors (Lipinski definition) is 0. The van der Waals surface area contributed by atoms with E-state index < -0.39 is 0 Å². The Kier molecular flexibility index (Phi) is 3.76. The van der Waals surface area contributed by atoms with E-state index in [1.54, 1.807) is 11.3 Å². The summed E-state index contributed by atoms with van der Waals surface area (Å²) in [5.41, 5.74) is 3.28. The Morgan fingerprint density at radius 1 is 1.29 bits per heavy atom. The molecule has 1 amide bonds. The molecule has 3 heterocycles. The van der Waals surface area contributed by atoms with Crippen molar-refractivity contribution in [2.24, 2.45) is 0 Å². The van der Waals surface area contributed by atoms with E-state index >= 15 is 0 Å². The van der Waals surface area contributed by atoms with E-state index in [-0.39, 0.29) is 5.91 Å². The van der Waals surface area contributed by atoms with Crippen molar-refractivity contribution < 1.29 is 4.79 Å². The molecular weight excluding hydrogens is 320 g/mol. The molecule has 0 unspecified atom stereocenters. The van der Waals surface area contributed by atoms with Crippen LogP contribution in [0.2, 0.25) is 0 Å². The molecule has 5 nitrogen and oxygen atoms in total. The molecule has 2 aromatic heterocycles. The minimum absolute atomic E-state index is 0.0576. The topological polar surface area (TPSA) is 59.0 Å². The normalized spacial score (nSPS) is 14.8. The number of carbonyl (C=O) groups is 1. The maximum absolute atomic E-state index is 12.7. The summed E-state index contributed by atoms with van der Waals surface area (Å²) < 4.78 is 1.21. The molecule has 1 aliphatic heterocycles. The van der Waals surface area contributed by atoms with Crippen LogP contribution in [0.5, 0.6) is 0 Å². The van der Waals surface area contributed by atoms with Crippen LogP contribution in [-0.4, -0.2) is 39.1 Å². The number of hydrogen-bond acceptors (Lipinski definition) is 5. The van der Waals surface area contributed by atoms with Gasteiger partial charge in [0.05, 0.1) is 27.2 Å². The van der Waals surface area contributed by atoms with Crippen molar-refractivity contribution in [1.82, 2.24) is 20.1 Å². The Hall–Kier alpha value is -2.34. The van der Waals surface area contributed by atoms with Crippen LogP contribution >= 0.6 is 11.3 Å². The van der Waals surface area contributed by atoms with Gasteiger partial charge in [-0.05, 0) is 31.5 Å². The molecule has 3 aromatic rings. The summed E-state index contributed by atoms with van der Waals surface area (Å²) in [6.07, 6.45) is 0.712. The van der Waals surface area contributed by atoms with E-state index in [1.807, 2.05) is 43.0 Å². The SMILES string of the molecule is CCc1nnc(C)cc1C(=O)N1CC(c2nc3ccccc3s2)C1. The number of fused-ring (bicyclic) bond motifs is 1. The van der Waals surface area contributed by atoms with Crippen molar-refractivity contribution in [2.45, 2.75) is 26.2 Å². The molecule has 1 fully saturated rings. The Labute approximate surface area is 144 Å². The number of carbonyl (C=O) groups excluding carboxylic acids is 1. The predicted octanol–water partition coefficient (Wildman–Crippen LogP) is 3.20. The van der Waals surface area contributed by atoms with E-state index in [9.17, 15) is 4.79 Å². The van der Waals surface area contributed by atoms with Gasteiger partial charge in [0, 0.05) is 19.0 Å². The van der Waals surface area contributed by atoms with Crippen molar-refractivity contribution in [3.63, 3.8) is 0 Å². The minimum Gasteiger partial charge on any atom is -0.337 e. The second-order valence-corrected chi connectivity index (χ2v) is 7.19. The van der Waals surface area contributed by atoms with Crippen LogP contribution in [0.3, 0.4) is 0 Å². The summed E-state index contributed by atoms with van der Waals surface area (Å²) >= 11 is 1.73. The predicted molar refractivity (Wildman–Crippen MR) is 94.4 cm³/mol. The number of rotatable bonds is 3. The second-order valence-electron chi connectivity index (χ2n) is 6.13. The van der Waals surface area contributed by atoms with Crippen LogP contribution in [-0.2, 0) is 6.42 Å². The van der Waals surface area contributed by atoms with Crippen molar-refractivity contribution in [1.29, 1.82) is 0 Å². The van der Waals surface area contributed by atoms with Gasteiger partial charge in [0.25, 0.3) is 5.91 Å². The van der Waals surface area contributed by atoms with E-state index in [1.165, 1.54) is 4.70 Å². The van der Waals surface area contributed by atoms with Gasteiger partial charge in [-0.1, -0.05) is 19.1 Å². The quantitative estimate of drug-likeness (QED) is 0.736. The fourth-order valence-corrected chi connectivity index (χ4v) is 4.05. The fourth-order valence-electron chi connectivity index (χ4n) is 3.00. The summed E-state index contributed by atoms with van der Waals surface area (Å²) in [5, 5.41) is 9.34. The number of aromatic nitrogens is 3. The molecule has 0 aliphatic carbocycles. The first-order chi connectivity index (χ1) is 11.7. The van der Waals surface area contributed by atoms with Crippen LogP contribution in [0, 0.1) is 6.92 Å². The molecule has 0 bridgehead atoms. The van der Waals surface area contributed by atoms with Crippen molar-refractivity contribution in [3.05, 3.63) is 52.3 Å². The monoisotopic (exact) mass is 338 g/mol. The summed E-state index contributed by atoms with van der Waals surface area (Å²) in [6, 6.07) is 10.0. The molecule has 122 valence electrons. The van der Waals surface area contributed by atoms with E-state index in [2.05, 4.69) is 16.3 Å². The molecule has 0 atom stereocenters. The van der Waals surface area contributed by atoms with Crippen molar-refractivity contribution >= 4 is 27.5 Å². The molecule has 0 N–H and O–H groups in total. The highest BCUT2D eigenvalue weighted by Crippen LogP contribution is 2.34. The van der Waals surface area contributed by atoms with Crippen LogP contribution in [0.15, 0.2) is 30.3 Å². The van der Waals surface area contributed by atoms with E-state index in [0.29, 0.717) is 17.9 Å². The Balaban J connectivity index is 1.51.